The quantitative estimate of drug-likeness (QED) is 0.621. The summed E-state index contributed by atoms with van der Waals surface area (Å²) < 4.78 is 5.88. The first-order valence-corrected chi connectivity index (χ1v) is 8.77. The van der Waals surface area contributed by atoms with Gasteiger partial charge in [0.15, 0.2) is 12.4 Å². The molecular weight excluding hydrogens is 316 g/mol. The fourth-order valence-corrected chi connectivity index (χ4v) is 3.33. The normalized spacial score (nSPS) is 15.2. The monoisotopic (exact) mass is 340 g/mol. The summed E-state index contributed by atoms with van der Waals surface area (Å²) in [6.45, 7) is 1.58. The number of nitrogens with zero attached hydrogens (tertiary/aromatic N) is 2. The van der Waals surface area contributed by atoms with E-state index in [1.165, 1.54) is 18.0 Å². The maximum Gasteiger partial charge on any atom is 0.254 e. The minimum absolute atomic E-state index is 0.0224. The molecule has 1 aromatic heterocycles. The highest BCUT2D eigenvalue weighted by molar-refractivity contribution is 5.94. The molecule has 1 fully saturated rings. The molecule has 0 N–H and O–H groups in total. The van der Waals surface area contributed by atoms with Gasteiger partial charge in [0, 0.05) is 25.2 Å². The molecule has 0 atom stereocenters. The van der Waals surface area contributed by atoms with Crippen LogP contribution in [0.1, 0.15) is 35.2 Å². The summed E-state index contributed by atoms with van der Waals surface area (Å²) in [5, 5.41) is 11.1. The van der Waals surface area contributed by atoms with Gasteiger partial charge in [-0.15, -0.1) is 0 Å². The Morgan fingerprint density at radius 3 is 2.40 bits per heavy atom. The molecule has 0 aliphatic carbocycles. The number of ether oxygens (including phenoxy) is 1. The second-order valence-corrected chi connectivity index (χ2v) is 6.57. The molecule has 1 aliphatic heterocycles. The molecule has 1 aromatic carbocycles. The number of benzene rings is 1. The number of methoxy groups -OCH3 is 1. The molecule has 1 amide bonds. The zero-order valence-corrected chi connectivity index (χ0v) is 14.6. The first-order valence-electron chi connectivity index (χ1n) is 8.77. The van der Waals surface area contributed by atoms with Crippen LogP contribution in [0.15, 0.2) is 48.8 Å². The van der Waals surface area contributed by atoms with Gasteiger partial charge in [-0.05, 0) is 49.3 Å². The van der Waals surface area contributed by atoms with Gasteiger partial charge in [-0.25, -0.2) is 0 Å². The van der Waals surface area contributed by atoms with Gasteiger partial charge in [0.25, 0.3) is 5.91 Å². The molecule has 132 valence electrons. The molecule has 25 heavy (non-hydrogen) atoms. The number of aryl methyl sites for hydroxylation is 1. The minimum atomic E-state index is 0.0224. The second-order valence-electron chi connectivity index (χ2n) is 6.57. The minimum Gasteiger partial charge on any atom is -0.619 e. The molecule has 1 aliphatic rings. The molecule has 0 bridgehead atoms. The number of rotatable bonds is 5. The number of hydrogen-bond donors (Lipinski definition) is 0. The molecule has 2 aromatic rings. The van der Waals surface area contributed by atoms with Gasteiger partial charge < -0.3 is 14.8 Å². The topological polar surface area (TPSA) is 56.5 Å². The maximum atomic E-state index is 12.5. The number of hydrogen-bond acceptors (Lipinski definition) is 3. The Hall–Kier alpha value is -2.56. The SMILES string of the molecule is COc1ccc(CCC2CCN(C(=O)c3cc[n+]([O-])cc3)CC2)cc1. The van der Waals surface area contributed by atoms with Crippen molar-refractivity contribution in [3.8, 4) is 5.75 Å². The first kappa shape index (κ1) is 17.3. The first-order chi connectivity index (χ1) is 12.2. The Kier molecular flexibility index (Phi) is 5.53. The van der Waals surface area contributed by atoms with E-state index in [-0.39, 0.29) is 5.91 Å². The average molecular weight is 340 g/mol. The van der Waals surface area contributed by atoms with Crippen LogP contribution < -0.4 is 9.47 Å². The lowest BCUT2D eigenvalue weighted by Crippen LogP contribution is -2.39. The van der Waals surface area contributed by atoms with Crippen molar-refractivity contribution in [3.63, 3.8) is 0 Å². The van der Waals surface area contributed by atoms with Gasteiger partial charge in [0.2, 0.25) is 0 Å². The van der Waals surface area contributed by atoms with Crippen LogP contribution in [0.25, 0.3) is 0 Å². The Labute approximate surface area is 148 Å². The van der Waals surface area contributed by atoms with Crippen LogP contribution in [0.4, 0.5) is 0 Å². The van der Waals surface area contributed by atoms with Crippen molar-refractivity contribution >= 4 is 5.91 Å². The molecule has 0 spiro atoms. The number of aromatic nitrogens is 1. The average Bonchev–Trinajstić information content (AvgIpc) is 2.67. The number of pyridine rings is 1. The van der Waals surface area contributed by atoms with Crippen molar-refractivity contribution < 1.29 is 14.3 Å². The lowest BCUT2D eigenvalue weighted by molar-refractivity contribution is -0.605. The highest BCUT2D eigenvalue weighted by Crippen LogP contribution is 2.24. The molecule has 0 saturated carbocycles. The van der Waals surface area contributed by atoms with E-state index in [9.17, 15) is 10.0 Å². The lowest BCUT2D eigenvalue weighted by atomic mass is 9.90. The summed E-state index contributed by atoms with van der Waals surface area (Å²) in [7, 11) is 1.68. The largest absolute Gasteiger partial charge is 0.619 e. The molecular formula is C20H24N2O3. The fourth-order valence-electron chi connectivity index (χ4n) is 3.33. The van der Waals surface area contributed by atoms with E-state index in [1.807, 2.05) is 17.0 Å². The van der Waals surface area contributed by atoms with E-state index >= 15 is 0 Å². The fraction of sp³-hybridized carbons (Fsp3) is 0.400. The highest BCUT2D eigenvalue weighted by Gasteiger charge is 2.23. The summed E-state index contributed by atoms with van der Waals surface area (Å²) in [5.74, 6) is 1.57. The van der Waals surface area contributed by atoms with Crippen molar-refractivity contribution in [2.24, 2.45) is 5.92 Å². The van der Waals surface area contributed by atoms with Gasteiger partial charge in [-0.2, -0.15) is 4.73 Å². The highest BCUT2D eigenvalue weighted by atomic mass is 16.5. The van der Waals surface area contributed by atoms with Gasteiger partial charge in [-0.3, -0.25) is 4.79 Å². The van der Waals surface area contributed by atoms with Gasteiger partial charge >= 0.3 is 0 Å². The van der Waals surface area contributed by atoms with Crippen LogP contribution in [0.2, 0.25) is 0 Å². The van der Waals surface area contributed by atoms with E-state index in [4.69, 9.17) is 4.74 Å². The van der Waals surface area contributed by atoms with E-state index in [2.05, 4.69) is 12.1 Å². The Bertz CT molecular complexity index is 690. The van der Waals surface area contributed by atoms with Crippen molar-refractivity contribution in [3.05, 3.63) is 65.1 Å². The number of carbonyl (C=O) groups excluding carboxylic acids is 1. The van der Waals surface area contributed by atoms with E-state index < -0.39 is 0 Å². The lowest BCUT2D eigenvalue weighted by Gasteiger charge is -2.32. The third kappa shape index (κ3) is 4.50. The summed E-state index contributed by atoms with van der Waals surface area (Å²) >= 11 is 0. The number of amides is 1. The Balaban J connectivity index is 1.46. The van der Waals surface area contributed by atoms with Crippen molar-refractivity contribution in [2.75, 3.05) is 20.2 Å². The molecule has 0 unspecified atom stereocenters. The molecule has 3 rings (SSSR count). The summed E-state index contributed by atoms with van der Waals surface area (Å²) in [6.07, 6.45) is 7.02. The summed E-state index contributed by atoms with van der Waals surface area (Å²) in [4.78, 5) is 14.4. The number of piperidine rings is 1. The molecule has 5 heteroatoms. The zero-order valence-electron chi connectivity index (χ0n) is 14.6. The second kappa shape index (κ2) is 8.01. The van der Waals surface area contributed by atoms with Crippen LogP contribution in [0, 0.1) is 11.1 Å². The van der Waals surface area contributed by atoms with Crippen LogP contribution in [0.5, 0.6) is 5.75 Å². The van der Waals surface area contributed by atoms with Crippen molar-refractivity contribution in [2.45, 2.75) is 25.7 Å². The van der Waals surface area contributed by atoms with Gasteiger partial charge in [-0.1, -0.05) is 12.1 Å². The Morgan fingerprint density at radius 1 is 1.16 bits per heavy atom. The summed E-state index contributed by atoms with van der Waals surface area (Å²) in [5.41, 5.74) is 1.92. The molecule has 1 saturated heterocycles. The van der Waals surface area contributed by atoms with Crippen LogP contribution in [0.3, 0.4) is 0 Å². The number of likely N-dealkylation sites (tertiary alicyclic amines) is 1. The summed E-state index contributed by atoms with van der Waals surface area (Å²) in [6, 6.07) is 11.4. The van der Waals surface area contributed by atoms with E-state index in [1.54, 1.807) is 19.2 Å². The predicted molar refractivity (Wildman–Crippen MR) is 95.3 cm³/mol. The van der Waals surface area contributed by atoms with E-state index in [0.29, 0.717) is 16.2 Å². The molecule has 5 nitrogen and oxygen atoms in total. The smallest absolute Gasteiger partial charge is 0.254 e. The van der Waals surface area contributed by atoms with Crippen LogP contribution >= 0.6 is 0 Å². The molecule has 2 heterocycles. The Morgan fingerprint density at radius 2 is 1.80 bits per heavy atom. The van der Waals surface area contributed by atoms with Crippen molar-refractivity contribution in [1.82, 2.24) is 4.90 Å². The van der Waals surface area contributed by atoms with Gasteiger partial charge in [0.05, 0.1) is 12.7 Å². The van der Waals surface area contributed by atoms with Crippen LogP contribution in [-0.2, 0) is 6.42 Å². The maximum absolute atomic E-state index is 12.5. The van der Waals surface area contributed by atoms with Crippen molar-refractivity contribution in [1.29, 1.82) is 0 Å². The standard InChI is InChI=1S/C20H24N2O3/c1-25-19-6-4-16(5-7-19)2-3-17-8-12-21(13-9-17)20(23)18-10-14-22(24)15-11-18/h4-7,10-11,14-15,17H,2-3,8-9,12-13H2,1H3. The third-order valence-corrected chi connectivity index (χ3v) is 4.95. The zero-order chi connectivity index (χ0) is 17.6. The number of carbonyl (C=O) groups is 1. The predicted octanol–water partition coefficient (Wildman–Crippen LogP) is 2.81. The van der Waals surface area contributed by atoms with E-state index in [0.717, 1.165) is 44.5 Å². The third-order valence-electron chi connectivity index (χ3n) is 4.95. The van der Waals surface area contributed by atoms with Crippen LogP contribution in [-0.4, -0.2) is 31.0 Å². The van der Waals surface area contributed by atoms with Gasteiger partial charge in [0.1, 0.15) is 5.75 Å². The molecule has 0 radical (unpaired) electrons.